The average Bonchev–Trinajstić information content (AvgIpc) is 2.51. The van der Waals surface area contributed by atoms with Crippen molar-refractivity contribution in [2.45, 2.75) is 106 Å². The zero-order chi connectivity index (χ0) is 19.2. The molecule has 0 aliphatic rings. The summed E-state index contributed by atoms with van der Waals surface area (Å²) in [6, 6.07) is 0. The predicted octanol–water partition coefficient (Wildman–Crippen LogP) is 7.95. The Balaban J connectivity index is 4.31. The minimum atomic E-state index is 0.281. The van der Waals surface area contributed by atoms with Crippen LogP contribution >= 0.6 is 0 Å². The van der Waals surface area contributed by atoms with Crippen molar-refractivity contribution in [2.24, 2.45) is 0 Å². The van der Waals surface area contributed by atoms with Crippen LogP contribution in [0.25, 0.3) is 0 Å². The smallest absolute Gasteiger partial charge is 0.0587 e. The Kier molecular flexibility index (Phi) is 13.5. The van der Waals surface area contributed by atoms with Crippen LogP contribution in [-0.2, 0) is 4.74 Å². The van der Waals surface area contributed by atoms with Crippen molar-refractivity contribution in [1.29, 1.82) is 0 Å². The van der Waals surface area contributed by atoms with E-state index in [0.29, 0.717) is 0 Å². The van der Waals surface area contributed by atoms with Crippen molar-refractivity contribution in [3.63, 3.8) is 0 Å². The second-order valence-electron chi connectivity index (χ2n) is 7.70. The first-order valence-electron chi connectivity index (χ1n) is 9.98. The third-order valence-electron chi connectivity index (χ3n) is 4.42. The summed E-state index contributed by atoms with van der Waals surface area (Å²) in [6.07, 6.45) is 16.4. The molecule has 1 heteroatoms. The lowest BCUT2D eigenvalue weighted by molar-refractivity contribution is 0.00876. The monoisotopic (exact) mass is 346 g/mol. The van der Waals surface area contributed by atoms with E-state index >= 15 is 0 Å². The molecule has 0 aromatic rings. The van der Waals surface area contributed by atoms with Crippen LogP contribution in [0.5, 0.6) is 0 Å². The summed E-state index contributed by atoms with van der Waals surface area (Å²) in [5, 5.41) is 0. The Bertz CT molecular complexity index is 424. The summed E-state index contributed by atoms with van der Waals surface area (Å²) in [5.74, 6) is 0. The molecule has 2 atom stereocenters. The van der Waals surface area contributed by atoms with Gasteiger partial charge < -0.3 is 4.74 Å². The van der Waals surface area contributed by atoms with Gasteiger partial charge in [0, 0.05) is 0 Å². The molecule has 0 saturated heterocycles. The SMILES string of the molecule is C/C=C(\CCC=C(C)C)CC(C)OC(C)C/C(=C/C)CCC=C(C)C. The van der Waals surface area contributed by atoms with Gasteiger partial charge in [-0.3, -0.25) is 0 Å². The first-order valence-corrected chi connectivity index (χ1v) is 9.98. The van der Waals surface area contributed by atoms with Gasteiger partial charge in [0.15, 0.2) is 0 Å². The molecule has 0 fully saturated rings. The van der Waals surface area contributed by atoms with Crippen molar-refractivity contribution in [2.75, 3.05) is 0 Å². The Labute approximate surface area is 157 Å². The predicted molar refractivity (Wildman–Crippen MR) is 114 cm³/mol. The number of hydrogen-bond donors (Lipinski definition) is 0. The second kappa shape index (κ2) is 14.1. The van der Waals surface area contributed by atoms with Gasteiger partial charge in [-0.2, -0.15) is 0 Å². The van der Waals surface area contributed by atoms with Crippen molar-refractivity contribution in [3.8, 4) is 0 Å². The summed E-state index contributed by atoms with van der Waals surface area (Å²) in [6.45, 7) is 17.4. The fraction of sp³-hybridized carbons (Fsp3) is 0.667. The normalized spacial score (nSPS) is 14.9. The number of allylic oxidation sites excluding steroid dienone is 6. The lowest BCUT2D eigenvalue weighted by atomic mass is 10.0. The third kappa shape index (κ3) is 13.8. The summed E-state index contributed by atoms with van der Waals surface area (Å²) in [5.41, 5.74) is 5.82. The number of rotatable bonds is 12. The topological polar surface area (TPSA) is 9.23 Å². The first-order chi connectivity index (χ1) is 11.8. The molecular formula is C24H42O. The maximum absolute atomic E-state index is 6.26. The third-order valence-corrected chi connectivity index (χ3v) is 4.42. The molecule has 0 spiro atoms. The minimum Gasteiger partial charge on any atom is -0.375 e. The lowest BCUT2D eigenvalue weighted by Gasteiger charge is -2.21. The highest BCUT2D eigenvalue weighted by molar-refractivity contribution is 5.06. The molecule has 0 aliphatic carbocycles. The van der Waals surface area contributed by atoms with Gasteiger partial charge in [0.25, 0.3) is 0 Å². The molecule has 0 saturated carbocycles. The fourth-order valence-electron chi connectivity index (χ4n) is 3.05. The number of ether oxygens (including phenoxy) is 1. The zero-order valence-electron chi connectivity index (χ0n) is 18.1. The second-order valence-corrected chi connectivity index (χ2v) is 7.70. The first kappa shape index (κ1) is 23.9. The highest BCUT2D eigenvalue weighted by Gasteiger charge is 2.12. The van der Waals surface area contributed by atoms with Gasteiger partial charge in [-0.05, 0) is 93.9 Å². The standard InChI is InChI=1S/C24H42O/c1-9-23(15-11-13-19(3)4)17-21(7)25-22(8)18-24(10-2)16-12-14-20(5)6/h9-10,13-14,21-22H,11-12,15-18H2,1-8H3/b23-9+,24-10+. The lowest BCUT2D eigenvalue weighted by Crippen LogP contribution is -2.18. The summed E-state index contributed by atoms with van der Waals surface area (Å²) in [7, 11) is 0. The van der Waals surface area contributed by atoms with Gasteiger partial charge >= 0.3 is 0 Å². The summed E-state index contributed by atoms with van der Waals surface area (Å²) in [4.78, 5) is 0. The van der Waals surface area contributed by atoms with Crippen molar-refractivity contribution in [1.82, 2.24) is 0 Å². The van der Waals surface area contributed by atoms with Crippen LogP contribution in [-0.4, -0.2) is 12.2 Å². The molecular weight excluding hydrogens is 304 g/mol. The molecule has 0 rings (SSSR count). The van der Waals surface area contributed by atoms with E-state index in [9.17, 15) is 0 Å². The Hall–Kier alpha value is -1.08. The molecule has 144 valence electrons. The quantitative estimate of drug-likeness (QED) is 0.326. The van der Waals surface area contributed by atoms with E-state index in [1.54, 1.807) is 0 Å². The van der Waals surface area contributed by atoms with Crippen molar-refractivity contribution >= 4 is 0 Å². The highest BCUT2D eigenvalue weighted by atomic mass is 16.5. The zero-order valence-corrected chi connectivity index (χ0v) is 18.1. The van der Waals surface area contributed by atoms with E-state index in [-0.39, 0.29) is 12.2 Å². The Morgan fingerprint density at radius 2 is 1.08 bits per heavy atom. The van der Waals surface area contributed by atoms with Crippen LogP contribution in [0.1, 0.15) is 93.9 Å². The number of hydrogen-bond acceptors (Lipinski definition) is 1. The van der Waals surface area contributed by atoms with E-state index in [2.05, 4.69) is 79.7 Å². The molecule has 0 aromatic heterocycles. The van der Waals surface area contributed by atoms with Crippen LogP contribution < -0.4 is 0 Å². The van der Waals surface area contributed by atoms with E-state index in [1.165, 1.54) is 22.3 Å². The maximum atomic E-state index is 6.26. The molecule has 0 heterocycles. The van der Waals surface area contributed by atoms with Gasteiger partial charge in [-0.15, -0.1) is 0 Å². The molecule has 1 nitrogen and oxygen atoms in total. The van der Waals surface area contributed by atoms with Crippen molar-refractivity contribution in [3.05, 3.63) is 46.6 Å². The summed E-state index contributed by atoms with van der Waals surface area (Å²) >= 11 is 0. The van der Waals surface area contributed by atoms with Crippen molar-refractivity contribution < 1.29 is 4.74 Å². The largest absolute Gasteiger partial charge is 0.375 e. The van der Waals surface area contributed by atoms with Crippen LogP contribution in [0, 0.1) is 0 Å². The van der Waals surface area contributed by atoms with Gasteiger partial charge in [0.2, 0.25) is 0 Å². The van der Waals surface area contributed by atoms with Crippen LogP contribution in [0.15, 0.2) is 46.6 Å². The van der Waals surface area contributed by atoms with Gasteiger partial charge in [0.1, 0.15) is 0 Å². The van der Waals surface area contributed by atoms with Crippen LogP contribution in [0.4, 0.5) is 0 Å². The average molecular weight is 347 g/mol. The highest BCUT2D eigenvalue weighted by Crippen LogP contribution is 2.20. The fourth-order valence-corrected chi connectivity index (χ4v) is 3.05. The summed E-state index contributed by atoms with van der Waals surface area (Å²) < 4.78 is 6.26. The van der Waals surface area contributed by atoms with Gasteiger partial charge in [-0.25, -0.2) is 0 Å². The molecule has 0 aliphatic heterocycles. The maximum Gasteiger partial charge on any atom is 0.0587 e. The molecule has 2 unspecified atom stereocenters. The van der Waals surface area contributed by atoms with E-state index < -0.39 is 0 Å². The Morgan fingerprint density at radius 1 is 0.720 bits per heavy atom. The van der Waals surface area contributed by atoms with E-state index in [4.69, 9.17) is 4.74 Å². The molecule has 0 amide bonds. The van der Waals surface area contributed by atoms with Crippen LogP contribution in [0.3, 0.4) is 0 Å². The molecule has 25 heavy (non-hydrogen) atoms. The molecule has 0 bridgehead atoms. The molecule has 0 aromatic carbocycles. The Morgan fingerprint density at radius 3 is 1.36 bits per heavy atom. The van der Waals surface area contributed by atoms with Crippen LogP contribution in [0.2, 0.25) is 0 Å². The van der Waals surface area contributed by atoms with Gasteiger partial charge in [-0.1, -0.05) is 46.6 Å². The minimum absolute atomic E-state index is 0.281. The van der Waals surface area contributed by atoms with Gasteiger partial charge in [0.05, 0.1) is 12.2 Å². The molecule has 0 N–H and O–H groups in total. The molecule has 0 radical (unpaired) electrons. The van der Waals surface area contributed by atoms with E-state index in [0.717, 1.165) is 38.5 Å². The van der Waals surface area contributed by atoms with E-state index in [1.807, 2.05) is 0 Å².